The maximum absolute atomic E-state index is 12.3. The second-order valence-electron chi connectivity index (χ2n) is 7.30. The first-order valence-electron chi connectivity index (χ1n) is 7.78. The van der Waals surface area contributed by atoms with E-state index in [-0.39, 0.29) is 0 Å². The third-order valence-corrected chi connectivity index (χ3v) is 6.73. The first-order valence-corrected chi connectivity index (χ1v) is 8.66. The Bertz CT molecular complexity index is 301. The summed E-state index contributed by atoms with van der Waals surface area (Å²) >= 11 is 1.61. The Hall–Kier alpha value is 0.0200. The van der Waals surface area contributed by atoms with Gasteiger partial charge in [0.15, 0.2) is 5.12 Å². The second kappa shape index (κ2) is 4.85. The Morgan fingerprint density at radius 1 is 1.17 bits per heavy atom. The second-order valence-corrected chi connectivity index (χ2v) is 8.80. The summed E-state index contributed by atoms with van der Waals surface area (Å²) in [7, 11) is 0. The molecule has 0 radical (unpaired) electrons. The van der Waals surface area contributed by atoms with Gasteiger partial charge in [-0.1, -0.05) is 25.6 Å². The standard InChI is InChI=1S/C16H26OS/c1-3-11(2)18-15(17)10-16-7-12-4-13(8-16)6-14(5-12)9-16/h11-14H,3-10H2,1-2H3. The van der Waals surface area contributed by atoms with Crippen LogP contribution in [0.15, 0.2) is 0 Å². The molecule has 4 aliphatic carbocycles. The molecular weight excluding hydrogens is 240 g/mol. The normalized spacial score (nSPS) is 43.1. The number of rotatable bonds is 4. The quantitative estimate of drug-likeness (QED) is 0.736. The van der Waals surface area contributed by atoms with Crippen LogP contribution in [0.5, 0.6) is 0 Å². The van der Waals surface area contributed by atoms with Crippen LogP contribution in [0.4, 0.5) is 0 Å². The molecule has 0 amide bonds. The minimum atomic E-state index is 0.437. The van der Waals surface area contributed by atoms with Gasteiger partial charge in [0.2, 0.25) is 0 Å². The van der Waals surface area contributed by atoms with Crippen molar-refractivity contribution in [3.8, 4) is 0 Å². The fourth-order valence-corrected chi connectivity index (χ4v) is 6.17. The third kappa shape index (κ3) is 2.50. The molecule has 2 heteroatoms. The maximum atomic E-state index is 12.3. The van der Waals surface area contributed by atoms with Crippen LogP contribution in [0.3, 0.4) is 0 Å². The molecule has 0 aromatic rings. The van der Waals surface area contributed by atoms with Gasteiger partial charge < -0.3 is 0 Å². The predicted octanol–water partition coefficient (Wildman–Crippen LogP) is 4.65. The van der Waals surface area contributed by atoms with E-state index in [0.29, 0.717) is 15.8 Å². The largest absolute Gasteiger partial charge is 0.287 e. The van der Waals surface area contributed by atoms with Crippen molar-refractivity contribution in [2.75, 3.05) is 0 Å². The molecule has 4 bridgehead atoms. The van der Waals surface area contributed by atoms with Gasteiger partial charge in [0.25, 0.3) is 0 Å². The van der Waals surface area contributed by atoms with Gasteiger partial charge in [-0.3, -0.25) is 4.79 Å². The molecule has 0 aromatic carbocycles. The van der Waals surface area contributed by atoms with Crippen LogP contribution in [-0.2, 0) is 4.79 Å². The van der Waals surface area contributed by atoms with E-state index >= 15 is 0 Å². The average molecular weight is 266 g/mol. The highest BCUT2D eigenvalue weighted by Crippen LogP contribution is 2.61. The van der Waals surface area contributed by atoms with Gasteiger partial charge in [0.05, 0.1) is 0 Å². The smallest absolute Gasteiger partial charge is 0.189 e. The molecule has 1 unspecified atom stereocenters. The third-order valence-electron chi connectivity index (χ3n) is 5.59. The van der Waals surface area contributed by atoms with Gasteiger partial charge in [-0.25, -0.2) is 0 Å². The molecule has 4 fully saturated rings. The number of carbonyl (C=O) groups excluding carboxylic acids is 1. The van der Waals surface area contributed by atoms with Crippen molar-refractivity contribution in [1.82, 2.24) is 0 Å². The Morgan fingerprint density at radius 2 is 1.67 bits per heavy atom. The number of carbonyl (C=O) groups is 1. The first-order chi connectivity index (χ1) is 8.58. The fourth-order valence-electron chi connectivity index (χ4n) is 5.16. The van der Waals surface area contributed by atoms with Crippen LogP contribution >= 0.6 is 11.8 Å². The highest BCUT2D eigenvalue weighted by Gasteiger charge is 2.51. The molecule has 18 heavy (non-hydrogen) atoms. The molecule has 0 aliphatic heterocycles. The lowest BCUT2D eigenvalue weighted by atomic mass is 9.49. The lowest BCUT2D eigenvalue weighted by Crippen LogP contribution is -2.46. The monoisotopic (exact) mass is 266 g/mol. The van der Waals surface area contributed by atoms with Crippen molar-refractivity contribution in [3.05, 3.63) is 0 Å². The molecule has 1 atom stereocenters. The molecule has 102 valence electrons. The summed E-state index contributed by atoms with van der Waals surface area (Å²) in [4.78, 5) is 12.3. The van der Waals surface area contributed by atoms with Crippen LogP contribution in [0.25, 0.3) is 0 Å². The van der Waals surface area contributed by atoms with Crippen LogP contribution in [0.2, 0.25) is 0 Å². The van der Waals surface area contributed by atoms with Crippen molar-refractivity contribution in [1.29, 1.82) is 0 Å². The minimum Gasteiger partial charge on any atom is -0.287 e. The molecular formula is C16H26OS. The van der Waals surface area contributed by atoms with Crippen molar-refractivity contribution in [2.45, 2.75) is 70.5 Å². The van der Waals surface area contributed by atoms with Gasteiger partial charge in [-0.15, -0.1) is 0 Å². The highest BCUT2D eigenvalue weighted by molar-refractivity contribution is 8.14. The number of hydrogen-bond donors (Lipinski definition) is 0. The van der Waals surface area contributed by atoms with E-state index in [0.717, 1.165) is 30.6 Å². The summed E-state index contributed by atoms with van der Waals surface area (Å²) < 4.78 is 0. The van der Waals surface area contributed by atoms with E-state index < -0.39 is 0 Å². The summed E-state index contributed by atoms with van der Waals surface area (Å²) in [5.41, 5.74) is 0.437. The zero-order valence-corrected chi connectivity index (χ0v) is 12.6. The van der Waals surface area contributed by atoms with E-state index in [2.05, 4.69) is 13.8 Å². The summed E-state index contributed by atoms with van der Waals surface area (Å²) in [5.74, 6) is 2.91. The van der Waals surface area contributed by atoms with Crippen LogP contribution < -0.4 is 0 Å². The zero-order chi connectivity index (χ0) is 12.8. The molecule has 1 nitrogen and oxygen atoms in total. The lowest BCUT2D eigenvalue weighted by molar-refractivity contribution is -0.119. The molecule has 4 saturated carbocycles. The predicted molar refractivity (Wildman–Crippen MR) is 77.6 cm³/mol. The van der Waals surface area contributed by atoms with E-state index in [9.17, 15) is 4.79 Å². The topological polar surface area (TPSA) is 17.1 Å². The van der Waals surface area contributed by atoms with Crippen LogP contribution in [0.1, 0.15) is 65.2 Å². The van der Waals surface area contributed by atoms with Crippen molar-refractivity contribution >= 4 is 16.9 Å². The number of thioether (sulfide) groups is 1. The number of hydrogen-bond acceptors (Lipinski definition) is 2. The Kier molecular flexibility index (Phi) is 3.51. The molecule has 0 heterocycles. The van der Waals surface area contributed by atoms with E-state index in [4.69, 9.17) is 0 Å². The first kappa shape index (κ1) is 13.0. The van der Waals surface area contributed by atoms with Gasteiger partial charge in [-0.05, 0) is 68.1 Å². The molecule has 0 aromatic heterocycles. The Balaban J connectivity index is 1.63. The summed E-state index contributed by atoms with van der Waals surface area (Å²) in [5, 5.41) is 0.984. The summed E-state index contributed by atoms with van der Waals surface area (Å²) in [6, 6.07) is 0. The van der Waals surface area contributed by atoms with Gasteiger partial charge in [0, 0.05) is 11.7 Å². The van der Waals surface area contributed by atoms with Crippen molar-refractivity contribution in [3.63, 3.8) is 0 Å². The maximum Gasteiger partial charge on any atom is 0.189 e. The minimum absolute atomic E-state index is 0.437. The van der Waals surface area contributed by atoms with Crippen molar-refractivity contribution < 1.29 is 4.79 Å². The molecule has 0 spiro atoms. The summed E-state index contributed by atoms with van der Waals surface area (Å²) in [6.07, 6.45) is 10.5. The summed E-state index contributed by atoms with van der Waals surface area (Å²) in [6.45, 7) is 4.36. The van der Waals surface area contributed by atoms with Gasteiger partial charge in [0.1, 0.15) is 0 Å². The van der Waals surface area contributed by atoms with Gasteiger partial charge >= 0.3 is 0 Å². The van der Waals surface area contributed by atoms with E-state index in [1.165, 1.54) is 38.5 Å². The Morgan fingerprint density at radius 3 is 2.11 bits per heavy atom. The van der Waals surface area contributed by atoms with E-state index in [1.54, 1.807) is 11.8 Å². The van der Waals surface area contributed by atoms with Crippen molar-refractivity contribution in [2.24, 2.45) is 23.2 Å². The van der Waals surface area contributed by atoms with Gasteiger partial charge in [-0.2, -0.15) is 0 Å². The van der Waals surface area contributed by atoms with Crippen LogP contribution in [0, 0.1) is 23.2 Å². The SMILES string of the molecule is CCC(C)SC(=O)CC12CC3CC(CC(C3)C1)C2. The van der Waals surface area contributed by atoms with E-state index in [1.807, 2.05) is 0 Å². The zero-order valence-electron chi connectivity index (χ0n) is 11.8. The molecule has 4 rings (SSSR count). The average Bonchev–Trinajstić information content (AvgIpc) is 2.25. The molecule has 0 N–H and O–H groups in total. The fraction of sp³-hybridized carbons (Fsp3) is 0.938. The Labute approximate surface area is 115 Å². The molecule has 4 aliphatic rings. The lowest BCUT2D eigenvalue weighted by Gasteiger charge is -2.56. The van der Waals surface area contributed by atoms with Crippen LogP contribution in [-0.4, -0.2) is 10.4 Å². The highest BCUT2D eigenvalue weighted by atomic mass is 32.2. The molecule has 0 saturated heterocycles.